The van der Waals surface area contributed by atoms with Crippen LogP contribution in [0.3, 0.4) is 0 Å². The molecule has 2 aromatic carbocycles. The quantitative estimate of drug-likeness (QED) is 0.785. The standard InChI is InChI=1S/C17H13NO4/c1-20-15-5-2-10-6-13(18-8-12(10)17(15)19)11-3-4-14-16(7-11)22-9-21-14/h2-8,19H,9H2,1H3. The van der Waals surface area contributed by atoms with Gasteiger partial charge in [-0.15, -0.1) is 0 Å². The summed E-state index contributed by atoms with van der Waals surface area (Å²) < 4.78 is 15.8. The van der Waals surface area contributed by atoms with E-state index in [4.69, 9.17) is 14.2 Å². The fourth-order valence-corrected chi connectivity index (χ4v) is 2.56. The number of phenolic OH excluding ortho intramolecular Hbond substituents is 1. The molecule has 1 aromatic heterocycles. The number of pyridine rings is 1. The van der Waals surface area contributed by atoms with E-state index in [0.717, 1.165) is 28.1 Å². The number of aromatic hydroxyl groups is 1. The van der Waals surface area contributed by atoms with Crippen LogP contribution in [-0.2, 0) is 0 Å². The molecule has 22 heavy (non-hydrogen) atoms. The van der Waals surface area contributed by atoms with E-state index in [1.807, 2.05) is 30.3 Å². The highest BCUT2D eigenvalue weighted by Crippen LogP contribution is 2.38. The monoisotopic (exact) mass is 295 g/mol. The fraction of sp³-hybridized carbons (Fsp3) is 0.118. The second-order valence-electron chi connectivity index (χ2n) is 4.98. The molecule has 0 radical (unpaired) electrons. The molecular formula is C17H13NO4. The van der Waals surface area contributed by atoms with Gasteiger partial charge in [-0.05, 0) is 35.7 Å². The Hall–Kier alpha value is -2.95. The minimum atomic E-state index is 0.102. The predicted molar refractivity (Wildman–Crippen MR) is 81.5 cm³/mol. The summed E-state index contributed by atoms with van der Waals surface area (Å²) in [5.41, 5.74) is 1.73. The summed E-state index contributed by atoms with van der Waals surface area (Å²) in [6.45, 7) is 0.248. The molecule has 0 saturated carbocycles. The number of hydrogen-bond acceptors (Lipinski definition) is 5. The van der Waals surface area contributed by atoms with Crippen molar-refractivity contribution in [2.75, 3.05) is 13.9 Å². The second-order valence-corrected chi connectivity index (χ2v) is 4.98. The van der Waals surface area contributed by atoms with Crippen LogP contribution in [0.15, 0.2) is 42.6 Å². The van der Waals surface area contributed by atoms with E-state index >= 15 is 0 Å². The molecule has 0 spiro atoms. The third-order valence-corrected chi connectivity index (χ3v) is 3.73. The average Bonchev–Trinajstić information content (AvgIpc) is 3.02. The lowest BCUT2D eigenvalue weighted by Crippen LogP contribution is -1.92. The van der Waals surface area contributed by atoms with Gasteiger partial charge in [-0.2, -0.15) is 0 Å². The summed E-state index contributed by atoms with van der Waals surface area (Å²) in [7, 11) is 1.52. The summed E-state index contributed by atoms with van der Waals surface area (Å²) in [4.78, 5) is 4.43. The van der Waals surface area contributed by atoms with Crippen LogP contribution in [0.1, 0.15) is 0 Å². The third kappa shape index (κ3) is 1.90. The van der Waals surface area contributed by atoms with Gasteiger partial charge in [-0.1, -0.05) is 6.07 Å². The van der Waals surface area contributed by atoms with Crippen LogP contribution in [0, 0.1) is 0 Å². The number of benzene rings is 2. The lowest BCUT2D eigenvalue weighted by molar-refractivity contribution is 0.174. The first kappa shape index (κ1) is 12.8. The highest BCUT2D eigenvalue weighted by Gasteiger charge is 2.15. The molecule has 5 heteroatoms. The topological polar surface area (TPSA) is 60.8 Å². The van der Waals surface area contributed by atoms with E-state index in [-0.39, 0.29) is 12.5 Å². The van der Waals surface area contributed by atoms with Gasteiger partial charge >= 0.3 is 0 Å². The number of nitrogens with zero attached hydrogens (tertiary/aromatic N) is 1. The van der Waals surface area contributed by atoms with Gasteiger partial charge in [-0.3, -0.25) is 4.98 Å². The Balaban J connectivity index is 1.83. The molecule has 0 atom stereocenters. The van der Waals surface area contributed by atoms with Gasteiger partial charge in [0.25, 0.3) is 0 Å². The molecular weight excluding hydrogens is 282 g/mol. The lowest BCUT2D eigenvalue weighted by Gasteiger charge is -2.08. The van der Waals surface area contributed by atoms with Crippen molar-refractivity contribution in [2.45, 2.75) is 0 Å². The van der Waals surface area contributed by atoms with Crippen molar-refractivity contribution in [1.82, 2.24) is 4.98 Å². The summed E-state index contributed by atoms with van der Waals surface area (Å²) in [6, 6.07) is 11.3. The number of aromatic nitrogens is 1. The van der Waals surface area contributed by atoms with E-state index in [1.54, 1.807) is 12.3 Å². The number of phenols is 1. The number of rotatable bonds is 2. The van der Waals surface area contributed by atoms with Gasteiger partial charge < -0.3 is 19.3 Å². The molecule has 0 fully saturated rings. The van der Waals surface area contributed by atoms with E-state index in [0.29, 0.717) is 11.1 Å². The van der Waals surface area contributed by atoms with Gasteiger partial charge in [-0.25, -0.2) is 0 Å². The minimum Gasteiger partial charge on any atom is -0.504 e. The molecule has 1 N–H and O–H groups in total. The maximum absolute atomic E-state index is 10.1. The summed E-state index contributed by atoms with van der Waals surface area (Å²) in [6.07, 6.45) is 1.65. The van der Waals surface area contributed by atoms with Gasteiger partial charge in [0.1, 0.15) is 0 Å². The van der Waals surface area contributed by atoms with Crippen LogP contribution < -0.4 is 14.2 Å². The van der Waals surface area contributed by atoms with E-state index < -0.39 is 0 Å². The van der Waals surface area contributed by atoms with Crippen LogP contribution in [0.5, 0.6) is 23.0 Å². The molecule has 1 aliphatic heterocycles. The normalized spacial score (nSPS) is 12.6. The van der Waals surface area contributed by atoms with E-state index in [2.05, 4.69) is 4.98 Å². The van der Waals surface area contributed by atoms with Crippen molar-refractivity contribution in [3.05, 3.63) is 42.6 Å². The molecule has 3 aromatic rings. The number of ether oxygens (including phenoxy) is 3. The van der Waals surface area contributed by atoms with Gasteiger partial charge in [0.05, 0.1) is 12.8 Å². The molecule has 0 saturated heterocycles. The van der Waals surface area contributed by atoms with Gasteiger partial charge in [0, 0.05) is 17.1 Å². The maximum atomic E-state index is 10.1. The Morgan fingerprint density at radius 1 is 1.09 bits per heavy atom. The first-order valence-electron chi connectivity index (χ1n) is 6.82. The molecule has 110 valence electrons. The smallest absolute Gasteiger partial charge is 0.231 e. The highest BCUT2D eigenvalue weighted by atomic mass is 16.7. The number of fused-ring (bicyclic) bond motifs is 2. The van der Waals surface area contributed by atoms with Gasteiger partial charge in [0.15, 0.2) is 23.0 Å². The molecule has 1 aliphatic rings. The zero-order valence-corrected chi connectivity index (χ0v) is 11.9. The van der Waals surface area contributed by atoms with Crippen LogP contribution in [0.25, 0.3) is 22.0 Å². The largest absolute Gasteiger partial charge is 0.504 e. The Kier molecular flexibility index (Phi) is 2.79. The Morgan fingerprint density at radius 2 is 1.95 bits per heavy atom. The van der Waals surface area contributed by atoms with Crippen LogP contribution in [-0.4, -0.2) is 24.0 Å². The van der Waals surface area contributed by atoms with E-state index in [9.17, 15) is 5.11 Å². The predicted octanol–water partition coefficient (Wildman–Crippen LogP) is 3.34. The molecule has 0 bridgehead atoms. The van der Waals surface area contributed by atoms with Crippen molar-refractivity contribution in [2.24, 2.45) is 0 Å². The summed E-state index contributed by atoms with van der Waals surface area (Å²) >= 11 is 0. The van der Waals surface area contributed by atoms with Crippen LogP contribution in [0.4, 0.5) is 0 Å². The molecule has 2 heterocycles. The van der Waals surface area contributed by atoms with Crippen LogP contribution >= 0.6 is 0 Å². The Labute approximate surface area is 126 Å². The first-order chi connectivity index (χ1) is 10.8. The average molecular weight is 295 g/mol. The Bertz CT molecular complexity index is 876. The van der Waals surface area contributed by atoms with Crippen molar-refractivity contribution in [1.29, 1.82) is 0 Å². The first-order valence-corrected chi connectivity index (χ1v) is 6.82. The van der Waals surface area contributed by atoms with E-state index in [1.165, 1.54) is 7.11 Å². The third-order valence-electron chi connectivity index (χ3n) is 3.73. The second kappa shape index (κ2) is 4.80. The molecule has 0 unspecified atom stereocenters. The number of hydrogen-bond donors (Lipinski definition) is 1. The number of methoxy groups -OCH3 is 1. The van der Waals surface area contributed by atoms with Crippen molar-refractivity contribution < 1.29 is 19.3 Å². The molecule has 5 nitrogen and oxygen atoms in total. The summed E-state index contributed by atoms with van der Waals surface area (Å²) in [5.74, 6) is 2.00. The van der Waals surface area contributed by atoms with Gasteiger partial charge in [0.2, 0.25) is 6.79 Å². The molecule has 4 rings (SSSR count). The minimum absolute atomic E-state index is 0.102. The van der Waals surface area contributed by atoms with Crippen molar-refractivity contribution in [3.63, 3.8) is 0 Å². The summed E-state index contributed by atoms with van der Waals surface area (Å²) in [5, 5.41) is 11.7. The molecule has 0 amide bonds. The zero-order chi connectivity index (χ0) is 15.1. The molecule has 0 aliphatic carbocycles. The van der Waals surface area contributed by atoms with Crippen molar-refractivity contribution in [3.8, 4) is 34.3 Å². The van der Waals surface area contributed by atoms with Crippen molar-refractivity contribution >= 4 is 10.8 Å². The Morgan fingerprint density at radius 3 is 2.82 bits per heavy atom. The fourth-order valence-electron chi connectivity index (χ4n) is 2.56. The lowest BCUT2D eigenvalue weighted by atomic mass is 10.1. The SMILES string of the molecule is COc1ccc2cc(-c3ccc4c(c3)OCO4)ncc2c1O. The zero-order valence-electron chi connectivity index (χ0n) is 11.9. The maximum Gasteiger partial charge on any atom is 0.231 e. The highest BCUT2D eigenvalue weighted by molar-refractivity contribution is 5.92. The van der Waals surface area contributed by atoms with Crippen LogP contribution in [0.2, 0.25) is 0 Å².